The summed E-state index contributed by atoms with van der Waals surface area (Å²) in [5.41, 5.74) is 2.84. The van der Waals surface area contributed by atoms with Gasteiger partial charge in [0.25, 0.3) is 5.17 Å². The summed E-state index contributed by atoms with van der Waals surface area (Å²) in [5.74, 6) is -0.442. The highest BCUT2D eigenvalue weighted by atomic mass is 79.9. The second-order valence-electron chi connectivity index (χ2n) is 5.75. The van der Waals surface area contributed by atoms with Crippen molar-refractivity contribution in [2.45, 2.75) is 19.4 Å². The van der Waals surface area contributed by atoms with Gasteiger partial charge >= 0.3 is 0 Å². The number of hydrogen-bond acceptors (Lipinski definition) is 3. The average Bonchev–Trinajstić information content (AvgIpc) is 2.46. The zero-order valence-electron chi connectivity index (χ0n) is 12.4. The summed E-state index contributed by atoms with van der Waals surface area (Å²) in [7, 11) is 0. The molecule has 3 nitrogen and oxygen atoms in total. The molecule has 0 unspecified atom stereocenters. The van der Waals surface area contributed by atoms with Crippen LogP contribution < -0.4 is 5.32 Å². The lowest BCUT2D eigenvalue weighted by Gasteiger charge is -2.35. The Morgan fingerprint density at radius 2 is 1.91 bits per heavy atom. The average molecular weight is 391 g/mol. The van der Waals surface area contributed by atoms with Gasteiger partial charge in [-0.2, -0.15) is 5.26 Å². The Morgan fingerprint density at radius 3 is 2.61 bits per heavy atom. The van der Waals surface area contributed by atoms with Crippen LogP contribution in [0.3, 0.4) is 0 Å². The monoisotopic (exact) mass is 390 g/mol. The van der Waals surface area contributed by atoms with Crippen LogP contribution in [0.25, 0.3) is 11.1 Å². The van der Waals surface area contributed by atoms with Crippen LogP contribution in [0.2, 0.25) is 0 Å². The molecule has 1 heterocycles. The van der Waals surface area contributed by atoms with E-state index < -0.39 is 11.4 Å². The Bertz CT molecular complexity index is 874. The van der Waals surface area contributed by atoms with E-state index in [1.807, 2.05) is 32.0 Å². The summed E-state index contributed by atoms with van der Waals surface area (Å²) >= 11 is 8.65. The van der Waals surface area contributed by atoms with Crippen molar-refractivity contribution in [2.75, 3.05) is 5.32 Å². The maximum absolute atomic E-state index is 13.7. The summed E-state index contributed by atoms with van der Waals surface area (Å²) in [6.07, 6.45) is 0. The number of ether oxygens (including phenoxy) is 1. The minimum atomic E-state index is -0.610. The summed E-state index contributed by atoms with van der Waals surface area (Å²) < 4.78 is 20.2. The Morgan fingerprint density at radius 1 is 1.22 bits per heavy atom. The molecule has 0 fully saturated rings. The normalized spacial score (nSPS) is 15.2. The molecule has 0 amide bonds. The lowest BCUT2D eigenvalue weighted by atomic mass is 9.91. The van der Waals surface area contributed by atoms with Crippen molar-refractivity contribution in [1.29, 1.82) is 5.26 Å². The van der Waals surface area contributed by atoms with Crippen molar-refractivity contribution in [1.82, 2.24) is 0 Å². The highest BCUT2D eigenvalue weighted by Crippen LogP contribution is 2.42. The number of thiocarbonyl (C=S) groups is 1. The quantitative estimate of drug-likeness (QED) is 0.688. The minimum Gasteiger partial charge on any atom is -0.460 e. The van der Waals surface area contributed by atoms with E-state index in [9.17, 15) is 4.39 Å². The van der Waals surface area contributed by atoms with Gasteiger partial charge in [0.1, 0.15) is 11.4 Å². The molecular weight excluding hydrogens is 379 g/mol. The zero-order valence-corrected chi connectivity index (χ0v) is 14.8. The minimum absolute atomic E-state index is 0.281. The number of nitriles is 1. The first-order chi connectivity index (χ1) is 10.8. The molecule has 1 N–H and O–H groups in total. The van der Waals surface area contributed by atoms with E-state index in [-0.39, 0.29) is 5.56 Å². The maximum Gasteiger partial charge on any atom is 0.262 e. The molecular formula is C17H12BrFN2OS. The molecule has 0 aromatic heterocycles. The smallest absolute Gasteiger partial charge is 0.262 e. The van der Waals surface area contributed by atoms with Gasteiger partial charge in [-0.15, -0.1) is 0 Å². The third-order valence-electron chi connectivity index (χ3n) is 3.67. The van der Waals surface area contributed by atoms with Crippen LogP contribution in [-0.4, -0.2) is 5.17 Å². The van der Waals surface area contributed by atoms with E-state index in [2.05, 4.69) is 21.2 Å². The van der Waals surface area contributed by atoms with E-state index in [1.54, 1.807) is 6.07 Å². The first kappa shape index (κ1) is 15.9. The highest BCUT2D eigenvalue weighted by molar-refractivity contribution is 9.10. The third kappa shape index (κ3) is 2.94. The largest absolute Gasteiger partial charge is 0.460 e. The van der Waals surface area contributed by atoms with Crippen LogP contribution in [0, 0.1) is 17.1 Å². The molecule has 6 heteroatoms. The first-order valence-corrected chi connectivity index (χ1v) is 8.05. The van der Waals surface area contributed by atoms with E-state index in [4.69, 9.17) is 22.2 Å². The molecule has 116 valence electrons. The fourth-order valence-corrected chi connectivity index (χ4v) is 3.48. The molecule has 1 aliphatic rings. The van der Waals surface area contributed by atoms with Gasteiger partial charge in [-0.1, -0.05) is 0 Å². The fraction of sp³-hybridized carbons (Fsp3) is 0.176. The maximum atomic E-state index is 13.7. The van der Waals surface area contributed by atoms with Gasteiger partial charge in [-0.3, -0.25) is 0 Å². The van der Waals surface area contributed by atoms with Gasteiger partial charge in [0.2, 0.25) is 0 Å². The molecule has 23 heavy (non-hydrogen) atoms. The molecule has 0 aliphatic carbocycles. The summed E-state index contributed by atoms with van der Waals surface area (Å²) in [5, 5.41) is 12.4. The van der Waals surface area contributed by atoms with E-state index in [0.29, 0.717) is 10.7 Å². The topological polar surface area (TPSA) is 45.0 Å². The standard InChI is InChI=1S/C17H12BrFN2OS/c1-17(2)13-6-11(7-14(18)15(13)21-16(23)22-17)10-3-9(8-20)4-12(19)5-10/h3-7H,1-2H3,(H,21,23). The predicted molar refractivity (Wildman–Crippen MR) is 94.6 cm³/mol. The third-order valence-corrected chi connectivity index (χ3v) is 4.48. The van der Waals surface area contributed by atoms with Gasteiger partial charge < -0.3 is 10.1 Å². The van der Waals surface area contributed by atoms with Crippen LogP contribution >= 0.6 is 28.1 Å². The summed E-state index contributed by atoms with van der Waals surface area (Å²) in [6.45, 7) is 3.84. The molecule has 2 aromatic carbocycles. The number of halogens is 2. The Kier molecular flexibility index (Phi) is 3.86. The van der Waals surface area contributed by atoms with Crippen molar-refractivity contribution in [3.05, 3.63) is 51.7 Å². The lowest BCUT2D eigenvalue weighted by molar-refractivity contribution is 0.0946. The van der Waals surface area contributed by atoms with Crippen LogP contribution in [0.4, 0.5) is 10.1 Å². The summed E-state index contributed by atoms with van der Waals surface area (Å²) in [6, 6.07) is 10.0. The number of rotatable bonds is 1. The zero-order chi connectivity index (χ0) is 16.8. The van der Waals surface area contributed by atoms with E-state index in [1.165, 1.54) is 12.1 Å². The van der Waals surface area contributed by atoms with Crippen molar-refractivity contribution in [3.63, 3.8) is 0 Å². The Labute approximate surface area is 147 Å². The van der Waals surface area contributed by atoms with Crippen LogP contribution in [0.15, 0.2) is 34.8 Å². The summed E-state index contributed by atoms with van der Waals surface area (Å²) in [4.78, 5) is 0. The molecule has 0 saturated heterocycles. The first-order valence-electron chi connectivity index (χ1n) is 6.85. The van der Waals surface area contributed by atoms with Crippen molar-refractivity contribution in [2.24, 2.45) is 0 Å². The number of hydrogen-bond donors (Lipinski definition) is 1. The molecule has 2 aromatic rings. The number of fused-ring (bicyclic) bond motifs is 1. The van der Waals surface area contributed by atoms with Gasteiger partial charge in [0.05, 0.1) is 17.3 Å². The lowest BCUT2D eigenvalue weighted by Crippen LogP contribution is -2.34. The van der Waals surface area contributed by atoms with Crippen molar-refractivity contribution < 1.29 is 9.13 Å². The number of benzene rings is 2. The predicted octanol–water partition coefficient (Wildman–Crippen LogP) is 5.09. The molecule has 0 spiro atoms. The fourth-order valence-electron chi connectivity index (χ4n) is 2.61. The molecule has 3 rings (SSSR count). The van der Waals surface area contributed by atoms with Crippen LogP contribution in [-0.2, 0) is 10.3 Å². The highest BCUT2D eigenvalue weighted by Gasteiger charge is 2.33. The second kappa shape index (κ2) is 5.59. The van der Waals surface area contributed by atoms with Gasteiger partial charge in [-0.25, -0.2) is 4.39 Å². The molecule has 0 bridgehead atoms. The molecule has 0 saturated carbocycles. The van der Waals surface area contributed by atoms with Crippen LogP contribution in [0.1, 0.15) is 25.0 Å². The van der Waals surface area contributed by atoms with E-state index >= 15 is 0 Å². The Balaban J connectivity index is 2.21. The molecule has 0 radical (unpaired) electrons. The number of nitrogens with zero attached hydrogens (tertiary/aromatic N) is 1. The number of anilines is 1. The number of nitrogens with one attached hydrogen (secondary N) is 1. The SMILES string of the molecule is CC1(C)OC(=S)Nc2c(Br)cc(-c3cc(F)cc(C#N)c3)cc21. The Hall–Kier alpha value is -1.97. The van der Waals surface area contributed by atoms with E-state index in [0.717, 1.165) is 21.3 Å². The van der Waals surface area contributed by atoms with Gasteiger partial charge in [-0.05, 0) is 83.5 Å². The second-order valence-corrected chi connectivity index (χ2v) is 6.97. The van der Waals surface area contributed by atoms with Crippen LogP contribution in [0.5, 0.6) is 0 Å². The van der Waals surface area contributed by atoms with Gasteiger partial charge in [0.15, 0.2) is 0 Å². The van der Waals surface area contributed by atoms with Crippen molar-refractivity contribution >= 4 is 39.0 Å². The molecule has 0 atom stereocenters. The van der Waals surface area contributed by atoms with Crippen molar-refractivity contribution in [3.8, 4) is 17.2 Å². The van der Waals surface area contributed by atoms with Gasteiger partial charge in [0, 0.05) is 10.0 Å². The molecule has 1 aliphatic heterocycles.